The van der Waals surface area contributed by atoms with Gasteiger partial charge in [-0.05, 0) is 53.4 Å². The zero-order valence-corrected chi connectivity index (χ0v) is 12.7. The van der Waals surface area contributed by atoms with E-state index in [1.807, 2.05) is 0 Å². The topological polar surface area (TPSA) is 21.3 Å². The molecule has 0 atom stereocenters. The molecule has 1 heterocycles. The van der Waals surface area contributed by atoms with Crippen LogP contribution in [-0.4, -0.2) is 29.1 Å². The second kappa shape index (κ2) is 5.83. The van der Waals surface area contributed by atoms with Crippen molar-refractivity contribution in [2.45, 2.75) is 70.6 Å². The summed E-state index contributed by atoms with van der Waals surface area (Å²) in [4.78, 5) is 0. The fraction of sp³-hybridized carbons (Fsp3) is 1.00. The summed E-state index contributed by atoms with van der Waals surface area (Å²) in [5, 5.41) is 4.76. The van der Waals surface area contributed by atoms with E-state index >= 15 is 0 Å². The minimum absolute atomic E-state index is 0.196. The number of ether oxygens (including phenoxy) is 1. The van der Waals surface area contributed by atoms with E-state index in [0.29, 0.717) is 6.10 Å². The Bertz CT molecular complexity index is 200. The van der Waals surface area contributed by atoms with Gasteiger partial charge in [-0.25, -0.2) is 0 Å². The van der Waals surface area contributed by atoms with Gasteiger partial charge in [0, 0.05) is 23.0 Å². The van der Waals surface area contributed by atoms with Crippen molar-refractivity contribution in [2.75, 3.05) is 11.9 Å². The molecule has 0 aromatic rings. The molecular weight excluding hydrogens is 266 g/mol. The first-order valence-corrected chi connectivity index (χ1v) is 7.44. The van der Waals surface area contributed by atoms with Gasteiger partial charge in [0.15, 0.2) is 0 Å². The molecule has 0 aromatic carbocycles. The molecule has 0 aliphatic carbocycles. The zero-order chi connectivity index (χ0) is 12.2. The van der Waals surface area contributed by atoms with Gasteiger partial charge < -0.3 is 10.1 Å². The smallest absolute Gasteiger partial charge is 0.0609 e. The molecule has 1 aliphatic rings. The summed E-state index contributed by atoms with van der Waals surface area (Å²) in [6, 6.07) is 0. The highest BCUT2D eigenvalue weighted by atomic mass is 79.9. The van der Waals surface area contributed by atoms with Gasteiger partial charge in [-0.1, -0.05) is 15.9 Å². The Morgan fingerprint density at radius 2 is 1.69 bits per heavy atom. The van der Waals surface area contributed by atoms with Crippen molar-refractivity contribution < 1.29 is 4.74 Å². The first kappa shape index (κ1) is 14.5. The van der Waals surface area contributed by atoms with Crippen molar-refractivity contribution in [3.8, 4) is 0 Å². The van der Waals surface area contributed by atoms with Gasteiger partial charge in [-0.2, -0.15) is 0 Å². The molecule has 1 fully saturated rings. The molecule has 0 unspecified atom stereocenters. The number of hydrogen-bond donors (Lipinski definition) is 1. The number of nitrogens with one attached hydrogen (secondary N) is 1. The number of hydrogen-bond acceptors (Lipinski definition) is 2. The number of piperidine rings is 1. The molecule has 16 heavy (non-hydrogen) atoms. The molecule has 0 radical (unpaired) electrons. The van der Waals surface area contributed by atoms with Gasteiger partial charge in [0.25, 0.3) is 0 Å². The Kier molecular flexibility index (Phi) is 5.27. The number of unbranched alkanes of at least 4 members (excludes halogenated alkanes) is 1. The summed E-state index contributed by atoms with van der Waals surface area (Å²) < 4.78 is 6.00. The molecule has 2 nitrogen and oxygen atoms in total. The monoisotopic (exact) mass is 291 g/mol. The van der Waals surface area contributed by atoms with Crippen LogP contribution in [0.15, 0.2) is 0 Å². The van der Waals surface area contributed by atoms with Gasteiger partial charge in [-0.15, -0.1) is 0 Å². The maximum absolute atomic E-state index is 6.00. The lowest BCUT2D eigenvalue weighted by molar-refractivity contribution is -0.0224. The van der Waals surface area contributed by atoms with E-state index < -0.39 is 0 Å². The Morgan fingerprint density at radius 1 is 1.12 bits per heavy atom. The Labute approximate surface area is 109 Å². The number of rotatable bonds is 5. The molecule has 1 N–H and O–H groups in total. The lowest BCUT2D eigenvalue weighted by Crippen LogP contribution is -2.59. The highest BCUT2D eigenvalue weighted by molar-refractivity contribution is 9.09. The normalized spacial score (nSPS) is 24.6. The van der Waals surface area contributed by atoms with E-state index in [2.05, 4.69) is 48.9 Å². The van der Waals surface area contributed by atoms with Gasteiger partial charge in [-0.3, -0.25) is 0 Å². The minimum Gasteiger partial charge on any atom is -0.378 e. The minimum atomic E-state index is 0.196. The summed E-state index contributed by atoms with van der Waals surface area (Å²) in [6.45, 7) is 9.97. The first-order valence-electron chi connectivity index (χ1n) is 6.32. The fourth-order valence-corrected chi connectivity index (χ4v) is 3.19. The van der Waals surface area contributed by atoms with Crippen LogP contribution in [0, 0.1) is 0 Å². The third kappa shape index (κ3) is 5.15. The summed E-state index contributed by atoms with van der Waals surface area (Å²) in [6.07, 6.45) is 5.02. The standard InChI is InChI=1S/C13H26BrNO/c1-12(2)9-11(10-13(3,4)15-12)16-8-6-5-7-14/h11,15H,5-10H2,1-4H3. The fourth-order valence-electron chi connectivity index (χ4n) is 2.79. The Balaban J connectivity index is 2.36. The van der Waals surface area contributed by atoms with Crippen molar-refractivity contribution in [3.05, 3.63) is 0 Å². The molecule has 3 heteroatoms. The maximum atomic E-state index is 6.00. The van der Waals surface area contributed by atoms with Crippen LogP contribution < -0.4 is 5.32 Å². The summed E-state index contributed by atoms with van der Waals surface area (Å²) in [7, 11) is 0. The Hall–Kier alpha value is 0.400. The second-order valence-corrected chi connectivity index (χ2v) is 6.98. The van der Waals surface area contributed by atoms with E-state index in [1.165, 1.54) is 6.42 Å². The number of halogens is 1. The van der Waals surface area contributed by atoms with E-state index in [1.54, 1.807) is 0 Å². The maximum Gasteiger partial charge on any atom is 0.0609 e. The van der Waals surface area contributed by atoms with Crippen molar-refractivity contribution in [1.82, 2.24) is 5.32 Å². The van der Waals surface area contributed by atoms with Crippen molar-refractivity contribution >= 4 is 15.9 Å². The SMILES string of the molecule is CC1(C)CC(OCCCCBr)CC(C)(C)N1. The van der Waals surface area contributed by atoms with Crippen LogP contribution in [0.3, 0.4) is 0 Å². The van der Waals surface area contributed by atoms with E-state index in [9.17, 15) is 0 Å². The van der Waals surface area contributed by atoms with Crippen molar-refractivity contribution in [3.63, 3.8) is 0 Å². The third-order valence-electron chi connectivity index (χ3n) is 3.03. The largest absolute Gasteiger partial charge is 0.378 e. The van der Waals surface area contributed by atoms with Crippen molar-refractivity contribution in [1.29, 1.82) is 0 Å². The highest BCUT2D eigenvalue weighted by Gasteiger charge is 2.37. The summed E-state index contributed by atoms with van der Waals surface area (Å²) >= 11 is 3.45. The van der Waals surface area contributed by atoms with Crippen LogP contribution in [0.1, 0.15) is 53.4 Å². The van der Waals surface area contributed by atoms with Gasteiger partial charge in [0.2, 0.25) is 0 Å². The number of alkyl halides is 1. The van der Waals surface area contributed by atoms with Gasteiger partial charge in [0.05, 0.1) is 6.10 Å². The van der Waals surface area contributed by atoms with E-state index in [-0.39, 0.29) is 11.1 Å². The van der Waals surface area contributed by atoms with Crippen LogP contribution in [0.2, 0.25) is 0 Å². The molecule has 0 spiro atoms. The Morgan fingerprint density at radius 3 is 2.19 bits per heavy atom. The second-order valence-electron chi connectivity index (χ2n) is 6.19. The highest BCUT2D eigenvalue weighted by Crippen LogP contribution is 2.30. The van der Waals surface area contributed by atoms with E-state index in [0.717, 1.165) is 31.2 Å². The average Bonchev–Trinajstić information content (AvgIpc) is 2.07. The molecule has 96 valence electrons. The lowest BCUT2D eigenvalue weighted by Gasteiger charge is -2.46. The quantitative estimate of drug-likeness (QED) is 0.618. The summed E-state index contributed by atoms with van der Waals surface area (Å²) in [5.41, 5.74) is 0.393. The molecule has 1 aliphatic heterocycles. The lowest BCUT2D eigenvalue weighted by atomic mass is 9.81. The average molecular weight is 292 g/mol. The zero-order valence-electron chi connectivity index (χ0n) is 11.1. The first-order chi connectivity index (χ1) is 7.35. The van der Waals surface area contributed by atoms with E-state index in [4.69, 9.17) is 4.74 Å². The van der Waals surface area contributed by atoms with Crippen LogP contribution >= 0.6 is 15.9 Å². The third-order valence-corrected chi connectivity index (χ3v) is 3.59. The molecule has 0 aromatic heterocycles. The van der Waals surface area contributed by atoms with Crippen LogP contribution in [0.5, 0.6) is 0 Å². The van der Waals surface area contributed by atoms with Gasteiger partial charge in [0.1, 0.15) is 0 Å². The molecular formula is C13H26BrNO. The predicted octanol–water partition coefficient (Wildman–Crippen LogP) is 3.49. The molecule has 0 saturated carbocycles. The van der Waals surface area contributed by atoms with Crippen LogP contribution in [-0.2, 0) is 4.74 Å². The predicted molar refractivity (Wildman–Crippen MR) is 73.3 cm³/mol. The van der Waals surface area contributed by atoms with Crippen molar-refractivity contribution in [2.24, 2.45) is 0 Å². The molecule has 0 bridgehead atoms. The van der Waals surface area contributed by atoms with Gasteiger partial charge >= 0.3 is 0 Å². The molecule has 0 amide bonds. The summed E-state index contributed by atoms with van der Waals surface area (Å²) in [5.74, 6) is 0. The van der Waals surface area contributed by atoms with Crippen LogP contribution in [0.25, 0.3) is 0 Å². The molecule has 1 saturated heterocycles. The van der Waals surface area contributed by atoms with Crippen LogP contribution in [0.4, 0.5) is 0 Å². The molecule has 1 rings (SSSR count).